The Hall–Kier alpha value is -4.52. The molecule has 0 fully saturated rings. The van der Waals surface area contributed by atoms with Gasteiger partial charge in [-0.25, -0.2) is 10.2 Å². The first-order chi connectivity index (χ1) is 21.7. The van der Waals surface area contributed by atoms with Gasteiger partial charge in [0.2, 0.25) is 6.79 Å². The number of hydrogen-bond donors (Lipinski definition) is 3. The van der Waals surface area contributed by atoms with Crippen LogP contribution < -0.4 is 35.0 Å². The summed E-state index contributed by atoms with van der Waals surface area (Å²) in [5, 5.41) is 10.9. The number of nitrogens with one attached hydrogen (secondary N) is 3. The van der Waals surface area contributed by atoms with E-state index in [0.717, 1.165) is 5.56 Å². The fourth-order valence-corrected chi connectivity index (χ4v) is 5.47. The number of hydrogen-bond acceptors (Lipinski definition) is 9. The maximum Gasteiger partial charge on any atom is 0.338 e. The number of para-hydroxylation sites is 1. The molecule has 2 aliphatic rings. The predicted molar refractivity (Wildman–Crippen MR) is 172 cm³/mol. The Morgan fingerprint density at radius 3 is 2.62 bits per heavy atom. The molecule has 3 aromatic rings. The smallest absolute Gasteiger partial charge is 0.338 e. The highest BCUT2D eigenvalue weighted by molar-refractivity contribution is 7.80. The van der Waals surface area contributed by atoms with E-state index in [9.17, 15) is 9.59 Å². The molecule has 2 aliphatic heterocycles. The summed E-state index contributed by atoms with van der Waals surface area (Å²) in [6, 6.07) is 15.1. The molecular formula is C31H28Cl2N4O7S. The summed E-state index contributed by atoms with van der Waals surface area (Å²) in [5.41, 5.74) is 5.33. The quantitative estimate of drug-likeness (QED) is 0.109. The topological polar surface area (TPSA) is 129 Å². The van der Waals surface area contributed by atoms with Crippen molar-refractivity contribution in [2.45, 2.75) is 26.5 Å². The molecule has 0 unspecified atom stereocenters. The summed E-state index contributed by atoms with van der Waals surface area (Å²) in [6.07, 6.45) is 1.39. The third-order valence-electron chi connectivity index (χ3n) is 6.60. The minimum Gasteiger partial charge on any atom is -0.486 e. The number of nitrogens with zero attached hydrogens (tertiary/aromatic N) is 1. The van der Waals surface area contributed by atoms with Crippen molar-refractivity contribution in [2.24, 2.45) is 5.10 Å². The molecule has 14 heteroatoms. The Labute approximate surface area is 274 Å². The van der Waals surface area contributed by atoms with E-state index in [1.54, 1.807) is 50.2 Å². The number of carbonyl (C=O) groups is 2. The molecule has 0 spiro atoms. The van der Waals surface area contributed by atoms with E-state index in [2.05, 4.69) is 21.2 Å². The maximum atomic E-state index is 12.7. The normalized spacial score (nSPS) is 15.4. The van der Waals surface area contributed by atoms with Crippen molar-refractivity contribution in [1.82, 2.24) is 16.1 Å². The van der Waals surface area contributed by atoms with Crippen LogP contribution in [-0.4, -0.2) is 43.2 Å². The average molecular weight is 672 g/mol. The van der Waals surface area contributed by atoms with Crippen molar-refractivity contribution >= 4 is 58.6 Å². The van der Waals surface area contributed by atoms with Gasteiger partial charge < -0.3 is 34.3 Å². The molecule has 0 aliphatic carbocycles. The Morgan fingerprint density at radius 1 is 1.09 bits per heavy atom. The van der Waals surface area contributed by atoms with Crippen molar-refractivity contribution < 1.29 is 33.3 Å². The van der Waals surface area contributed by atoms with Crippen LogP contribution in [0.3, 0.4) is 0 Å². The van der Waals surface area contributed by atoms with Crippen molar-refractivity contribution in [2.75, 3.05) is 20.0 Å². The molecule has 0 saturated heterocycles. The van der Waals surface area contributed by atoms with Gasteiger partial charge in [-0.15, -0.1) is 0 Å². The molecule has 0 saturated carbocycles. The van der Waals surface area contributed by atoms with E-state index in [1.807, 2.05) is 18.2 Å². The van der Waals surface area contributed by atoms with Gasteiger partial charge in [0.1, 0.15) is 12.4 Å². The Balaban J connectivity index is 1.18. The highest BCUT2D eigenvalue weighted by Crippen LogP contribution is 2.37. The first-order valence-corrected chi connectivity index (χ1v) is 14.9. The van der Waals surface area contributed by atoms with Crippen LogP contribution in [0, 0.1) is 0 Å². The summed E-state index contributed by atoms with van der Waals surface area (Å²) >= 11 is 18.2. The Kier molecular flexibility index (Phi) is 10.3. The van der Waals surface area contributed by atoms with E-state index in [1.165, 1.54) is 6.21 Å². The van der Waals surface area contributed by atoms with Crippen molar-refractivity contribution in [3.05, 3.63) is 92.6 Å². The number of fused-ring (bicyclic) bond motifs is 1. The lowest BCUT2D eigenvalue weighted by Crippen LogP contribution is -2.45. The average Bonchev–Trinajstić information content (AvgIpc) is 3.47. The number of allylic oxidation sites excluding steroid dienone is 1. The van der Waals surface area contributed by atoms with Gasteiger partial charge in [-0.05, 0) is 67.5 Å². The van der Waals surface area contributed by atoms with Crippen LogP contribution in [0.1, 0.15) is 36.6 Å². The number of thiocarbonyl (C=S) groups is 1. The number of esters is 1. The minimum atomic E-state index is -0.645. The summed E-state index contributed by atoms with van der Waals surface area (Å²) in [7, 11) is 0. The van der Waals surface area contributed by atoms with Crippen LogP contribution in [0.2, 0.25) is 10.0 Å². The van der Waals surface area contributed by atoms with Gasteiger partial charge in [0, 0.05) is 11.3 Å². The molecule has 1 amide bonds. The molecule has 5 rings (SSSR count). The zero-order chi connectivity index (χ0) is 31.9. The third-order valence-corrected chi connectivity index (χ3v) is 7.38. The van der Waals surface area contributed by atoms with Crippen molar-refractivity contribution in [3.63, 3.8) is 0 Å². The number of carbonyl (C=O) groups excluding carboxylic acids is 2. The molecule has 2 heterocycles. The number of halogens is 2. The van der Waals surface area contributed by atoms with Crippen molar-refractivity contribution in [1.29, 1.82) is 0 Å². The molecule has 0 bridgehead atoms. The second-order valence-electron chi connectivity index (χ2n) is 9.70. The van der Waals surface area contributed by atoms with Gasteiger partial charge in [0.25, 0.3) is 5.91 Å². The van der Waals surface area contributed by atoms with Crippen LogP contribution in [0.25, 0.3) is 0 Å². The molecular weight excluding hydrogens is 643 g/mol. The first-order valence-electron chi connectivity index (χ1n) is 13.7. The van der Waals surface area contributed by atoms with E-state index in [4.69, 9.17) is 59.1 Å². The molecule has 3 N–H and O–H groups in total. The lowest BCUT2D eigenvalue weighted by molar-refractivity contribution is -0.139. The van der Waals surface area contributed by atoms with E-state index in [0.29, 0.717) is 50.5 Å². The number of amides is 1. The summed E-state index contributed by atoms with van der Waals surface area (Å²) in [5.74, 6) is 1.00. The van der Waals surface area contributed by atoms with E-state index >= 15 is 0 Å². The lowest BCUT2D eigenvalue weighted by Gasteiger charge is -2.30. The predicted octanol–water partition coefficient (Wildman–Crippen LogP) is 5.19. The van der Waals surface area contributed by atoms with Crippen molar-refractivity contribution in [3.8, 4) is 23.0 Å². The van der Waals surface area contributed by atoms with Gasteiger partial charge in [-0.1, -0.05) is 47.5 Å². The number of ether oxygens (including phenoxy) is 5. The Bertz CT molecular complexity index is 1680. The number of benzene rings is 3. The zero-order valence-corrected chi connectivity index (χ0v) is 26.5. The van der Waals surface area contributed by atoms with Crippen LogP contribution >= 0.6 is 35.4 Å². The molecule has 0 aromatic heterocycles. The minimum absolute atomic E-state index is 0.185. The SMILES string of the molecule is CCOC(=O)C1=C(C)NC(=S)N[C@@H]1c1ccccc1OCC(=O)NN=Cc1cc(Cl)c(OCc2ccc3c(c2)OCO3)c(Cl)c1. The van der Waals surface area contributed by atoms with E-state index in [-0.39, 0.29) is 36.7 Å². The second-order valence-corrected chi connectivity index (χ2v) is 10.9. The highest BCUT2D eigenvalue weighted by atomic mass is 35.5. The Morgan fingerprint density at radius 2 is 1.84 bits per heavy atom. The number of hydrazone groups is 1. The standard InChI is InChI=1S/C31H28Cl2N4O7S/c1-3-40-30(39)27-17(2)35-31(45)36-28(27)20-6-4-5-7-23(20)41-15-26(38)37-34-13-19-10-21(32)29(22(33)11-19)42-14-18-8-9-24-25(12-18)44-16-43-24/h4-13,28H,3,14-16H2,1-2H3,(H,37,38)(H2,35,36,45)/t28-/m1/s1. The second kappa shape index (κ2) is 14.5. The van der Waals surface area contributed by atoms with Gasteiger partial charge in [-0.3, -0.25) is 4.79 Å². The van der Waals surface area contributed by atoms with Crippen LogP contribution in [-0.2, 0) is 20.9 Å². The van der Waals surface area contributed by atoms with Gasteiger partial charge in [-0.2, -0.15) is 5.10 Å². The molecule has 3 aromatic carbocycles. The summed E-state index contributed by atoms with van der Waals surface area (Å²) in [6.45, 7) is 3.72. The van der Waals surface area contributed by atoms with Crippen LogP contribution in [0.5, 0.6) is 23.0 Å². The van der Waals surface area contributed by atoms with Crippen LogP contribution in [0.4, 0.5) is 0 Å². The zero-order valence-electron chi connectivity index (χ0n) is 24.1. The molecule has 45 heavy (non-hydrogen) atoms. The molecule has 0 radical (unpaired) electrons. The summed E-state index contributed by atoms with van der Waals surface area (Å²) in [4.78, 5) is 25.3. The summed E-state index contributed by atoms with van der Waals surface area (Å²) < 4.78 is 27.6. The van der Waals surface area contributed by atoms with E-state index < -0.39 is 17.9 Å². The number of rotatable bonds is 11. The fraction of sp³-hybridized carbons (Fsp3) is 0.226. The monoisotopic (exact) mass is 670 g/mol. The van der Waals surface area contributed by atoms with Gasteiger partial charge >= 0.3 is 5.97 Å². The molecule has 234 valence electrons. The largest absolute Gasteiger partial charge is 0.486 e. The highest BCUT2D eigenvalue weighted by Gasteiger charge is 2.32. The maximum absolute atomic E-state index is 12.7. The van der Waals surface area contributed by atoms with Gasteiger partial charge in [0.15, 0.2) is 29.0 Å². The molecule has 11 nitrogen and oxygen atoms in total. The molecule has 1 atom stereocenters. The fourth-order valence-electron chi connectivity index (χ4n) is 4.59. The third kappa shape index (κ3) is 7.77. The van der Waals surface area contributed by atoms with Crippen LogP contribution in [0.15, 0.2) is 71.0 Å². The lowest BCUT2D eigenvalue weighted by atomic mass is 9.95. The first kappa shape index (κ1) is 31.9. The van der Waals surface area contributed by atoms with Gasteiger partial charge in [0.05, 0.1) is 34.5 Å².